The molecule has 1 aromatic rings. The second-order valence-corrected chi connectivity index (χ2v) is 7.69. The maximum absolute atomic E-state index is 14.1. The van der Waals surface area contributed by atoms with Crippen LogP contribution in [0.4, 0.5) is 4.39 Å². The van der Waals surface area contributed by atoms with E-state index in [2.05, 4.69) is 5.32 Å². The molecular formula is C15H23FN2O2S. The van der Waals surface area contributed by atoms with Crippen molar-refractivity contribution in [1.82, 2.24) is 9.62 Å². The van der Waals surface area contributed by atoms with Gasteiger partial charge in [0, 0.05) is 25.2 Å². The molecule has 0 bridgehead atoms. The van der Waals surface area contributed by atoms with Crippen LogP contribution in [0.1, 0.15) is 31.4 Å². The number of rotatable bonds is 5. The quantitative estimate of drug-likeness (QED) is 0.907. The molecule has 1 aromatic carbocycles. The number of halogens is 1. The Hall–Kier alpha value is -0.980. The van der Waals surface area contributed by atoms with Gasteiger partial charge in [-0.3, -0.25) is 0 Å². The molecule has 0 aliphatic carbocycles. The normalized spacial score (nSPS) is 20.1. The van der Waals surface area contributed by atoms with Crippen molar-refractivity contribution < 1.29 is 12.8 Å². The van der Waals surface area contributed by atoms with Crippen molar-refractivity contribution in [1.29, 1.82) is 0 Å². The molecule has 1 saturated heterocycles. The second-order valence-electron chi connectivity index (χ2n) is 5.75. The first-order valence-electron chi connectivity index (χ1n) is 7.36. The summed E-state index contributed by atoms with van der Waals surface area (Å²) in [6.07, 6.45) is 0.879. The first-order chi connectivity index (χ1) is 9.86. The highest BCUT2D eigenvalue weighted by molar-refractivity contribution is 7.89. The van der Waals surface area contributed by atoms with E-state index >= 15 is 0 Å². The first kappa shape index (κ1) is 16.4. The Morgan fingerprint density at radius 3 is 2.71 bits per heavy atom. The van der Waals surface area contributed by atoms with Crippen molar-refractivity contribution in [3.05, 3.63) is 29.1 Å². The van der Waals surface area contributed by atoms with Gasteiger partial charge in [0.2, 0.25) is 10.0 Å². The number of sulfonamides is 1. The third kappa shape index (κ3) is 3.44. The van der Waals surface area contributed by atoms with Crippen LogP contribution in [-0.4, -0.2) is 32.4 Å². The number of nitrogens with one attached hydrogen (secondary N) is 1. The minimum absolute atomic E-state index is 0.198. The van der Waals surface area contributed by atoms with Crippen molar-refractivity contribution in [2.75, 3.05) is 19.6 Å². The molecule has 0 saturated carbocycles. The van der Waals surface area contributed by atoms with Gasteiger partial charge in [-0.2, -0.15) is 4.31 Å². The van der Waals surface area contributed by atoms with Crippen LogP contribution in [0.25, 0.3) is 0 Å². The van der Waals surface area contributed by atoms with Crippen LogP contribution in [0, 0.1) is 18.7 Å². The molecular weight excluding hydrogens is 291 g/mol. The summed E-state index contributed by atoms with van der Waals surface area (Å²) < 4.78 is 40.9. The van der Waals surface area contributed by atoms with E-state index in [1.165, 1.54) is 16.4 Å². The van der Waals surface area contributed by atoms with Crippen LogP contribution in [0.15, 0.2) is 17.0 Å². The number of nitrogens with zero attached hydrogens (tertiary/aromatic N) is 1. The standard InChI is InChI=1S/C15H23FN2O2S/c1-4-17-9-13-8-14(7-12(3)15(13)16)21(19,20)18-6-5-11(2)10-18/h7-8,11,17H,4-6,9-10H2,1-3H3. The van der Waals surface area contributed by atoms with Crippen molar-refractivity contribution in [3.8, 4) is 0 Å². The number of hydrogen-bond donors (Lipinski definition) is 1. The van der Waals surface area contributed by atoms with Gasteiger partial charge in [-0.25, -0.2) is 12.8 Å². The Balaban J connectivity index is 2.37. The largest absolute Gasteiger partial charge is 0.313 e. The zero-order valence-electron chi connectivity index (χ0n) is 12.8. The summed E-state index contributed by atoms with van der Waals surface area (Å²) in [5.74, 6) is 0.0484. The van der Waals surface area contributed by atoms with Crippen LogP contribution < -0.4 is 5.32 Å². The van der Waals surface area contributed by atoms with Crippen LogP contribution >= 0.6 is 0 Å². The molecule has 2 rings (SSSR count). The zero-order chi connectivity index (χ0) is 15.6. The summed E-state index contributed by atoms with van der Waals surface area (Å²) in [5, 5.41) is 3.04. The van der Waals surface area contributed by atoms with Crippen molar-refractivity contribution in [2.45, 2.75) is 38.6 Å². The predicted octanol–water partition coefficient (Wildman–Crippen LogP) is 2.27. The fraction of sp³-hybridized carbons (Fsp3) is 0.600. The maximum Gasteiger partial charge on any atom is 0.243 e. The molecule has 1 heterocycles. The fourth-order valence-electron chi connectivity index (χ4n) is 2.61. The average Bonchev–Trinajstić information content (AvgIpc) is 2.87. The topological polar surface area (TPSA) is 49.4 Å². The molecule has 1 aliphatic rings. The lowest BCUT2D eigenvalue weighted by molar-refractivity contribution is 0.464. The summed E-state index contributed by atoms with van der Waals surface area (Å²) in [6, 6.07) is 2.90. The average molecular weight is 314 g/mol. The molecule has 1 fully saturated rings. The van der Waals surface area contributed by atoms with E-state index in [4.69, 9.17) is 0 Å². The molecule has 1 unspecified atom stereocenters. The van der Waals surface area contributed by atoms with Gasteiger partial charge in [0.25, 0.3) is 0 Å². The third-order valence-electron chi connectivity index (χ3n) is 3.89. The van der Waals surface area contributed by atoms with Gasteiger partial charge in [0.15, 0.2) is 0 Å². The van der Waals surface area contributed by atoms with Crippen molar-refractivity contribution >= 4 is 10.0 Å². The predicted molar refractivity (Wildman–Crippen MR) is 81.1 cm³/mol. The first-order valence-corrected chi connectivity index (χ1v) is 8.80. The highest BCUT2D eigenvalue weighted by atomic mass is 32.2. The molecule has 118 valence electrons. The van der Waals surface area contributed by atoms with E-state index in [0.29, 0.717) is 43.2 Å². The smallest absolute Gasteiger partial charge is 0.243 e. The van der Waals surface area contributed by atoms with Gasteiger partial charge in [0.1, 0.15) is 5.82 Å². The van der Waals surface area contributed by atoms with Gasteiger partial charge in [-0.05, 0) is 43.5 Å². The van der Waals surface area contributed by atoms with Gasteiger partial charge >= 0.3 is 0 Å². The summed E-state index contributed by atoms with van der Waals surface area (Å²) in [7, 11) is -3.52. The summed E-state index contributed by atoms with van der Waals surface area (Å²) in [5.41, 5.74) is 0.777. The maximum atomic E-state index is 14.1. The van der Waals surface area contributed by atoms with E-state index in [1.807, 2.05) is 13.8 Å². The third-order valence-corrected chi connectivity index (χ3v) is 5.74. The minimum Gasteiger partial charge on any atom is -0.313 e. The van der Waals surface area contributed by atoms with Crippen LogP contribution in [-0.2, 0) is 16.6 Å². The minimum atomic E-state index is -3.52. The fourth-order valence-corrected chi connectivity index (χ4v) is 4.32. The zero-order valence-corrected chi connectivity index (χ0v) is 13.6. The highest BCUT2D eigenvalue weighted by Gasteiger charge is 2.31. The van der Waals surface area contributed by atoms with E-state index in [-0.39, 0.29) is 10.7 Å². The number of hydrogen-bond acceptors (Lipinski definition) is 3. The molecule has 1 aliphatic heterocycles. The van der Waals surface area contributed by atoms with Crippen LogP contribution in [0.2, 0.25) is 0 Å². The van der Waals surface area contributed by atoms with Crippen molar-refractivity contribution in [3.63, 3.8) is 0 Å². The molecule has 0 radical (unpaired) electrons. The molecule has 1 N–H and O–H groups in total. The van der Waals surface area contributed by atoms with Gasteiger partial charge in [-0.1, -0.05) is 13.8 Å². The summed E-state index contributed by atoms with van der Waals surface area (Å²) in [4.78, 5) is 0.198. The van der Waals surface area contributed by atoms with Crippen LogP contribution in [0.5, 0.6) is 0 Å². The SMILES string of the molecule is CCNCc1cc(S(=O)(=O)N2CCC(C)C2)cc(C)c1F. The van der Waals surface area contributed by atoms with Gasteiger partial charge in [0.05, 0.1) is 4.90 Å². The van der Waals surface area contributed by atoms with Crippen LogP contribution in [0.3, 0.4) is 0 Å². The Morgan fingerprint density at radius 2 is 2.14 bits per heavy atom. The Kier molecular flexibility index (Phi) is 5.01. The Bertz CT molecular complexity index is 616. The molecule has 0 spiro atoms. The van der Waals surface area contributed by atoms with E-state index < -0.39 is 10.0 Å². The Labute approximate surface area is 126 Å². The molecule has 0 aromatic heterocycles. The molecule has 1 atom stereocenters. The molecule has 6 heteroatoms. The lowest BCUT2D eigenvalue weighted by Crippen LogP contribution is -2.29. The van der Waals surface area contributed by atoms with E-state index in [1.54, 1.807) is 6.92 Å². The van der Waals surface area contributed by atoms with E-state index in [0.717, 1.165) is 6.42 Å². The molecule has 21 heavy (non-hydrogen) atoms. The lowest BCUT2D eigenvalue weighted by Gasteiger charge is -2.18. The second kappa shape index (κ2) is 6.42. The van der Waals surface area contributed by atoms with E-state index in [9.17, 15) is 12.8 Å². The molecule has 0 amide bonds. The summed E-state index contributed by atoms with van der Waals surface area (Å²) in [6.45, 7) is 7.71. The van der Waals surface area contributed by atoms with Gasteiger partial charge in [-0.15, -0.1) is 0 Å². The summed E-state index contributed by atoms with van der Waals surface area (Å²) >= 11 is 0. The number of aryl methyl sites for hydroxylation is 1. The number of benzene rings is 1. The van der Waals surface area contributed by atoms with Gasteiger partial charge < -0.3 is 5.32 Å². The Morgan fingerprint density at radius 1 is 1.43 bits per heavy atom. The monoisotopic (exact) mass is 314 g/mol. The highest BCUT2D eigenvalue weighted by Crippen LogP contribution is 2.26. The van der Waals surface area contributed by atoms with Crippen molar-refractivity contribution in [2.24, 2.45) is 5.92 Å². The molecule has 4 nitrogen and oxygen atoms in total. The lowest BCUT2D eigenvalue weighted by atomic mass is 10.1.